The maximum atomic E-state index is 12.8. The number of hydrogen-bond donors (Lipinski definition) is 0. The normalized spacial score (nSPS) is 12.6. The summed E-state index contributed by atoms with van der Waals surface area (Å²) in [7, 11) is 0. The van der Waals surface area contributed by atoms with E-state index in [9.17, 15) is 14.4 Å². The number of carbonyl (C=O) groups excluding carboxylic acids is 3. The van der Waals surface area contributed by atoms with Crippen molar-refractivity contribution in [3.63, 3.8) is 0 Å². The fourth-order valence-corrected chi connectivity index (χ4v) is 6.95. The molecule has 0 bridgehead atoms. The minimum Gasteiger partial charge on any atom is -0.462 e. The number of unbranched alkanes of at least 4 members (excludes halogenated alkanes) is 25. The van der Waals surface area contributed by atoms with Gasteiger partial charge in [-0.1, -0.05) is 222 Å². The number of rotatable bonds is 45. The lowest BCUT2D eigenvalue weighted by Gasteiger charge is -2.18. The van der Waals surface area contributed by atoms with Crippen LogP contribution in [0, 0.1) is 0 Å². The highest BCUT2D eigenvalue weighted by Gasteiger charge is 2.19. The van der Waals surface area contributed by atoms with Crippen molar-refractivity contribution in [1.82, 2.24) is 0 Å². The van der Waals surface area contributed by atoms with Gasteiger partial charge in [-0.05, 0) is 70.6 Å². The summed E-state index contributed by atoms with van der Waals surface area (Å²) >= 11 is 0. The molecule has 0 heterocycles. The largest absolute Gasteiger partial charge is 0.462 e. The first kappa shape index (κ1) is 57.9. The summed E-state index contributed by atoms with van der Waals surface area (Å²) in [6.45, 7) is 6.43. The Balaban J connectivity index is 4.43. The van der Waals surface area contributed by atoms with Gasteiger partial charge >= 0.3 is 17.9 Å². The van der Waals surface area contributed by atoms with Gasteiger partial charge in [-0.25, -0.2) is 0 Å². The molecule has 350 valence electrons. The van der Waals surface area contributed by atoms with Gasteiger partial charge < -0.3 is 14.2 Å². The van der Waals surface area contributed by atoms with E-state index in [0.717, 1.165) is 77.0 Å². The summed E-state index contributed by atoms with van der Waals surface area (Å²) in [6, 6.07) is 0. The Bertz CT molecular complexity index is 1160. The third-order valence-corrected chi connectivity index (χ3v) is 10.8. The second kappa shape index (κ2) is 49.5. The zero-order valence-corrected chi connectivity index (χ0v) is 39.9. The minimum atomic E-state index is -0.796. The molecule has 0 aliphatic rings. The molecule has 0 saturated carbocycles. The van der Waals surface area contributed by atoms with Crippen molar-refractivity contribution in [3.8, 4) is 0 Å². The van der Waals surface area contributed by atoms with Crippen molar-refractivity contribution in [3.05, 3.63) is 72.9 Å². The lowest BCUT2D eigenvalue weighted by Crippen LogP contribution is -2.30. The summed E-state index contributed by atoms with van der Waals surface area (Å²) < 4.78 is 16.7. The fraction of sp³-hybridized carbons (Fsp3) is 0.727. The van der Waals surface area contributed by atoms with Gasteiger partial charge in [0.1, 0.15) is 13.2 Å². The van der Waals surface area contributed by atoms with Gasteiger partial charge in [-0.3, -0.25) is 14.4 Å². The zero-order chi connectivity index (χ0) is 44.4. The van der Waals surface area contributed by atoms with Crippen LogP contribution < -0.4 is 0 Å². The molecule has 0 fully saturated rings. The van der Waals surface area contributed by atoms with E-state index in [0.29, 0.717) is 19.3 Å². The number of carbonyl (C=O) groups is 3. The van der Waals surface area contributed by atoms with Crippen molar-refractivity contribution < 1.29 is 28.6 Å². The zero-order valence-electron chi connectivity index (χ0n) is 39.9. The van der Waals surface area contributed by atoms with Crippen LogP contribution in [0.5, 0.6) is 0 Å². The van der Waals surface area contributed by atoms with Crippen LogP contribution in [-0.4, -0.2) is 37.2 Å². The average Bonchev–Trinajstić information content (AvgIpc) is 3.26. The van der Waals surface area contributed by atoms with Crippen LogP contribution in [0.25, 0.3) is 0 Å². The highest BCUT2D eigenvalue weighted by Crippen LogP contribution is 2.15. The van der Waals surface area contributed by atoms with Gasteiger partial charge in [0.05, 0.1) is 0 Å². The SMILES string of the molecule is CC/C=C/C=C/C=C/C=C/CCCCCC(=O)OC(COC(=O)CCCCCCCCC/C=C/C/C=C/CCCCC)COC(=O)CCCCCCCCCCCCCCC. The van der Waals surface area contributed by atoms with E-state index in [-0.39, 0.29) is 37.5 Å². The van der Waals surface area contributed by atoms with Crippen molar-refractivity contribution in [1.29, 1.82) is 0 Å². The summed E-state index contributed by atoms with van der Waals surface area (Å²) in [4.78, 5) is 37.9. The first-order valence-electron chi connectivity index (χ1n) is 25.5. The number of ether oxygens (including phenoxy) is 3. The summed E-state index contributed by atoms with van der Waals surface area (Å²) in [5, 5.41) is 0. The van der Waals surface area contributed by atoms with E-state index in [4.69, 9.17) is 14.2 Å². The van der Waals surface area contributed by atoms with Gasteiger partial charge in [0.25, 0.3) is 0 Å². The third-order valence-electron chi connectivity index (χ3n) is 10.8. The Morgan fingerprint density at radius 1 is 0.361 bits per heavy atom. The van der Waals surface area contributed by atoms with Crippen molar-refractivity contribution >= 4 is 17.9 Å². The van der Waals surface area contributed by atoms with E-state index < -0.39 is 6.10 Å². The third kappa shape index (κ3) is 47.7. The van der Waals surface area contributed by atoms with E-state index in [2.05, 4.69) is 57.2 Å². The van der Waals surface area contributed by atoms with Crippen LogP contribution in [-0.2, 0) is 28.6 Å². The van der Waals surface area contributed by atoms with Crippen molar-refractivity contribution in [2.75, 3.05) is 13.2 Å². The minimum absolute atomic E-state index is 0.0926. The lowest BCUT2D eigenvalue weighted by atomic mass is 10.0. The highest BCUT2D eigenvalue weighted by atomic mass is 16.6. The molecule has 1 atom stereocenters. The Labute approximate surface area is 376 Å². The molecular formula is C55H94O6. The van der Waals surface area contributed by atoms with Crippen LogP contribution >= 0.6 is 0 Å². The Kier molecular flexibility index (Phi) is 46.9. The molecule has 1 unspecified atom stereocenters. The maximum Gasteiger partial charge on any atom is 0.306 e. The molecule has 0 aromatic rings. The topological polar surface area (TPSA) is 78.9 Å². The molecule has 0 aliphatic heterocycles. The van der Waals surface area contributed by atoms with E-state index in [1.807, 2.05) is 36.5 Å². The number of esters is 3. The molecule has 61 heavy (non-hydrogen) atoms. The van der Waals surface area contributed by atoms with Gasteiger partial charge in [-0.15, -0.1) is 0 Å². The average molecular weight is 851 g/mol. The molecular weight excluding hydrogens is 757 g/mol. The monoisotopic (exact) mass is 851 g/mol. The van der Waals surface area contributed by atoms with Crippen molar-refractivity contribution in [2.24, 2.45) is 0 Å². The van der Waals surface area contributed by atoms with Gasteiger partial charge in [0.15, 0.2) is 6.10 Å². The number of allylic oxidation sites excluding steroid dienone is 12. The van der Waals surface area contributed by atoms with E-state index in [1.165, 1.54) is 116 Å². The molecule has 0 rings (SSSR count). The molecule has 0 aromatic carbocycles. The van der Waals surface area contributed by atoms with Crippen molar-refractivity contribution in [2.45, 2.75) is 245 Å². The van der Waals surface area contributed by atoms with Gasteiger partial charge in [0, 0.05) is 19.3 Å². The van der Waals surface area contributed by atoms with E-state index >= 15 is 0 Å². The predicted octanol–water partition coefficient (Wildman–Crippen LogP) is 16.6. The molecule has 0 aromatic heterocycles. The van der Waals surface area contributed by atoms with Crippen LogP contribution in [0.15, 0.2) is 72.9 Å². The van der Waals surface area contributed by atoms with E-state index in [1.54, 1.807) is 0 Å². The van der Waals surface area contributed by atoms with Crippen LogP contribution in [0.3, 0.4) is 0 Å². The molecule has 0 aliphatic carbocycles. The molecule has 0 radical (unpaired) electrons. The molecule has 6 nitrogen and oxygen atoms in total. The molecule has 0 amide bonds. The van der Waals surface area contributed by atoms with Gasteiger partial charge in [0.2, 0.25) is 0 Å². The van der Waals surface area contributed by atoms with Crippen LogP contribution in [0.1, 0.15) is 239 Å². The Morgan fingerprint density at radius 2 is 0.705 bits per heavy atom. The molecule has 0 N–H and O–H groups in total. The summed E-state index contributed by atoms with van der Waals surface area (Å²) in [5.41, 5.74) is 0. The Morgan fingerprint density at radius 3 is 1.18 bits per heavy atom. The van der Waals surface area contributed by atoms with Gasteiger partial charge in [-0.2, -0.15) is 0 Å². The van der Waals surface area contributed by atoms with Crippen LogP contribution in [0.2, 0.25) is 0 Å². The second-order valence-corrected chi connectivity index (χ2v) is 16.8. The second-order valence-electron chi connectivity index (χ2n) is 16.8. The highest BCUT2D eigenvalue weighted by molar-refractivity contribution is 5.71. The summed E-state index contributed by atoms with van der Waals surface area (Å²) in [5.74, 6) is -0.938. The Hall–Kier alpha value is -3.15. The first-order valence-corrected chi connectivity index (χ1v) is 25.5. The quantitative estimate of drug-likeness (QED) is 0.0200. The molecule has 0 spiro atoms. The molecule has 0 saturated heterocycles. The van der Waals surface area contributed by atoms with Crippen LogP contribution in [0.4, 0.5) is 0 Å². The predicted molar refractivity (Wildman–Crippen MR) is 261 cm³/mol. The maximum absolute atomic E-state index is 12.8. The molecule has 6 heteroatoms. The standard InChI is InChI=1S/C55H94O6/c1-4-7-10-13-16-19-22-25-26-27-28-31-33-36-39-42-45-48-54(57)60-51-52(61-55(58)49-46-43-40-37-34-30-24-21-18-15-12-9-6-3)50-59-53(56)47-44-41-38-35-32-29-23-20-17-14-11-8-5-2/h9,12,15-16,18-19,21,24-26,30,34,52H,4-8,10-11,13-14,17,20,22-23,27-29,31-33,35-51H2,1-3H3/b12-9+,18-15+,19-16+,24-21+,26-25+,34-30+. The first-order chi connectivity index (χ1) is 30.0. The fourth-order valence-electron chi connectivity index (χ4n) is 6.95. The smallest absolute Gasteiger partial charge is 0.306 e. The lowest BCUT2D eigenvalue weighted by molar-refractivity contribution is -0.167. The summed E-state index contributed by atoms with van der Waals surface area (Å²) in [6.07, 6.45) is 61.7. The number of hydrogen-bond acceptors (Lipinski definition) is 6.